The number of amides is 1. The topological polar surface area (TPSA) is 41.6 Å². The third-order valence-electron chi connectivity index (χ3n) is 4.19. The second kappa shape index (κ2) is 8.79. The van der Waals surface area contributed by atoms with E-state index < -0.39 is 0 Å². The van der Waals surface area contributed by atoms with Crippen molar-refractivity contribution in [2.24, 2.45) is 5.92 Å². The summed E-state index contributed by atoms with van der Waals surface area (Å²) in [5.41, 5.74) is 1.22. The predicted octanol–water partition coefficient (Wildman–Crippen LogP) is 2.48. The molecule has 0 unspecified atom stereocenters. The molecule has 4 nitrogen and oxygen atoms in total. The quantitative estimate of drug-likeness (QED) is 0.787. The molecular weight excluding hydrogens is 276 g/mol. The van der Waals surface area contributed by atoms with Crippen LogP contribution in [-0.4, -0.2) is 44.1 Å². The van der Waals surface area contributed by atoms with Crippen LogP contribution in [0.4, 0.5) is 0 Å². The van der Waals surface area contributed by atoms with Crippen LogP contribution in [0, 0.1) is 5.92 Å². The number of likely N-dealkylation sites (tertiary alicyclic amines) is 1. The molecule has 1 amide bonds. The lowest BCUT2D eigenvalue weighted by Crippen LogP contribution is -2.41. The highest BCUT2D eigenvalue weighted by Gasteiger charge is 2.23. The molecule has 1 saturated heterocycles. The van der Waals surface area contributed by atoms with Crippen molar-refractivity contribution in [1.82, 2.24) is 10.2 Å². The van der Waals surface area contributed by atoms with Gasteiger partial charge < -0.3 is 15.0 Å². The van der Waals surface area contributed by atoms with Crippen LogP contribution in [0.1, 0.15) is 31.7 Å². The fraction of sp³-hybridized carbons (Fsp3) is 0.611. The molecule has 1 heterocycles. The SMILES string of the molecule is CCOc1ccccc1CCCNC(=O)[C@@H]1CCCN(C)C1. The molecule has 1 atom stereocenters. The molecule has 1 aliphatic rings. The molecule has 1 aromatic carbocycles. The summed E-state index contributed by atoms with van der Waals surface area (Å²) in [5, 5.41) is 3.09. The number of ether oxygens (including phenoxy) is 1. The van der Waals surface area contributed by atoms with E-state index in [4.69, 9.17) is 4.74 Å². The van der Waals surface area contributed by atoms with E-state index in [0.29, 0.717) is 6.61 Å². The van der Waals surface area contributed by atoms with Crippen molar-refractivity contribution >= 4 is 5.91 Å². The maximum absolute atomic E-state index is 12.2. The van der Waals surface area contributed by atoms with Gasteiger partial charge in [0.25, 0.3) is 0 Å². The molecule has 122 valence electrons. The highest BCUT2D eigenvalue weighted by Crippen LogP contribution is 2.19. The highest BCUT2D eigenvalue weighted by molar-refractivity contribution is 5.78. The third kappa shape index (κ3) is 5.02. The van der Waals surface area contributed by atoms with Crippen LogP contribution in [-0.2, 0) is 11.2 Å². The van der Waals surface area contributed by atoms with Gasteiger partial charge in [0.1, 0.15) is 5.75 Å². The molecule has 0 bridgehead atoms. The first-order valence-electron chi connectivity index (χ1n) is 8.37. The average Bonchev–Trinajstić information content (AvgIpc) is 2.53. The summed E-state index contributed by atoms with van der Waals surface area (Å²) >= 11 is 0. The Kier molecular flexibility index (Phi) is 6.72. The number of nitrogens with one attached hydrogen (secondary N) is 1. The molecule has 0 aliphatic carbocycles. The van der Waals surface area contributed by atoms with E-state index in [9.17, 15) is 4.79 Å². The fourth-order valence-electron chi connectivity index (χ4n) is 3.02. The van der Waals surface area contributed by atoms with E-state index in [1.165, 1.54) is 5.56 Å². The number of aryl methyl sites for hydroxylation is 1. The van der Waals surface area contributed by atoms with E-state index in [1.807, 2.05) is 25.1 Å². The Bertz CT molecular complexity index is 476. The maximum Gasteiger partial charge on any atom is 0.224 e. The zero-order chi connectivity index (χ0) is 15.8. The first-order valence-corrected chi connectivity index (χ1v) is 8.37. The van der Waals surface area contributed by atoms with Crippen LogP contribution in [0.15, 0.2) is 24.3 Å². The standard InChI is InChI=1S/C18H28N2O2/c1-3-22-17-11-5-4-8-15(17)9-6-12-19-18(21)16-10-7-13-20(2)14-16/h4-5,8,11,16H,3,6-7,9-10,12-14H2,1-2H3,(H,19,21)/t16-/m1/s1. The third-order valence-corrected chi connectivity index (χ3v) is 4.19. The second-order valence-electron chi connectivity index (χ2n) is 6.04. The summed E-state index contributed by atoms with van der Waals surface area (Å²) in [6.07, 6.45) is 4.01. The predicted molar refractivity (Wildman–Crippen MR) is 89.2 cm³/mol. The minimum atomic E-state index is 0.162. The maximum atomic E-state index is 12.2. The molecule has 0 radical (unpaired) electrons. The van der Waals surface area contributed by atoms with Gasteiger partial charge in [-0.15, -0.1) is 0 Å². The van der Waals surface area contributed by atoms with Crippen LogP contribution >= 0.6 is 0 Å². The van der Waals surface area contributed by atoms with Gasteiger partial charge in [-0.05, 0) is 57.8 Å². The van der Waals surface area contributed by atoms with E-state index >= 15 is 0 Å². The number of para-hydroxylation sites is 1. The van der Waals surface area contributed by atoms with Crippen LogP contribution in [0.25, 0.3) is 0 Å². The van der Waals surface area contributed by atoms with Gasteiger partial charge in [0.2, 0.25) is 5.91 Å². The monoisotopic (exact) mass is 304 g/mol. The Labute approximate surface area is 133 Å². The Hall–Kier alpha value is -1.55. The van der Waals surface area contributed by atoms with Gasteiger partial charge in [-0.2, -0.15) is 0 Å². The van der Waals surface area contributed by atoms with Crippen molar-refractivity contribution in [3.63, 3.8) is 0 Å². The first-order chi connectivity index (χ1) is 10.7. The van der Waals surface area contributed by atoms with Crippen molar-refractivity contribution in [3.05, 3.63) is 29.8 Å². The molecule has 22 heavy (non-hydrogen) atoms. The van der Waals surface area contributed by atoms with Crippen molar-refractivity contribution in [3.8, 4) is 5.75 Å². The molecule has 1 fully saturated rings. The summed E-state index contributed by atoms with van der Waals surface area (Å²) in [4.78, 5) is 14.4. The highest BCUT2D eigenvalue weighted by atomic mass is 16.5. The smallest absolute Gasteiger partial charge is 0.224 e. The van der Waals surface area contributed by atoms with Crippen molar-refractivity contribution < 1.29 is 9.53 Å². The lowest BCUT2D eigenvalue weighted by atomic mass is 9.97. The van der Waals surface area contributed by atoms with E-state index in [-0.39, 0.29) is 11.8 Å². The van der Waals surface area contributed by atoms with Crippen molar-refractivity contribution in [2.45, 2.75) is 32.6 Å². The second-order valence-corrected chi connectivity index (χ2v) is 6.04. The number of hydrogen-bond acceptors (Lipinski definition) is 3. The van der Waals surface area contributed by atoms with Gasteiger partial charge in [0, 0.05) is 13.1 Å². The summed E-state index contributed by atoms with van der Waals surface area (Å²) in [6, 6.07) is 8.14. The van der Waals surface area contributed by atoms with E-state index in [0.717, 1.165) is 51.1 Å². The molecule has 0 saturated carbocycles. The first kappa shape index (κ1) is 16.8. The average molecular weight is 304 g/mol. The van der Waals surface area contributed by atoms with Crippen molar-refractivity contribution in [2.75, 3.05) is 33.3 Å². The zero-order valence-electron chi connectivity index (χ0n) is 13.8. The van der Waals surface area contributed by atoms with Crippen LogP contribution in [0.3, 0.4) is 0 Å². The largest absolute Gasteiger partial charge is 0.494 e. The van der Waals surface area contributed by atoms with Crippen LogP contribution < -0.4 is 10.1 Å². The fourth-order valence-corrected chi connectivity index (χ4v) is 3.02. The van der Waals surface area contributed by atoms with Gasteiger partial charge in [0.05, 0.1) is 12.5 Å². The summed E-state index contributed by atoms with van der Waals surface area (Å²) in [6.45, 7) is 5.41. The Morgan fingerprint density at radius 3 is 3.00 bits per heavy atom. The molecule has 0 aromatic heterocycles. The summed E-state index contributed by atoms with van der Waals surface area (Å²) in [5.74, 6) is 1.34. The van der Waals surface area contributed by atoms with Crippen LogP contribution in [0.2, 0.25) is 0 Å². The van der Waals surface area contributed by atoms with Gasteiger partial charge in [0.15, 0.2) is 0 Å². The molecule has 0 spiro atoms. The minimum Gasteiger partial charge on any atom is -0.494 e. The molecule has 4 heteroatoms. The lowest BCUT2D eigenvalue weighted by Gasteiger charge is -2.28. The van der Waals surface area contributed by atoms with Gasteiger partial charge >= 0.3 is 0 Å². The number of benzene rings is 1. The number of carbonyl (C=O) groups is 1. The zero-order valence-corrected chi connectivity index (χ0v) is 13.8. The molecular formula is C18H28N2O2. The van der Waals surface area contributed by atoms with Crippen LogP contribution in [0.5, 0.6) is 5.75 Å². The Balaban J connectivity index is 1.71. The Morgan fingerprint density at radius 1 is 1.41 bits per heavy atom. The molecule has 1 aliphatic heterocycles. The molecule has 1 N–H and O–H groups in total. The van der Waals surface area contributed by atoms with Crippen molar-refractivity contribution in [1.29, 1.82) is 0 Å². The number of piperidine rings is 1. The van der Waals surface area contributed by atoms with Gasteiger partial charge in [-0.3, -0.25) is 4.79 Å². The lowest BCUT2D eigenvalue weighted by molar-refractivity contribution is -0.126. The van der Waals surface area contributed by atoms with E-state index in [2.05, 4.69) is 23.3 Å². The molecule has 1 aromatic rings. The minimum absolute atomic E-state index is 0.162. The summed E-state index contributed by atoms with van der Waals surface area (Å²) in [7, 11) is 2.09. The summed E-state index contributed by atoms with van der Waals surface area (Å²) < 4.78 is 5.63. The number of carbonyl (C=O) groups excluding carboxylic acids is 1. The normalized spacial score (nSPS) is 18.9. The van der Waals surface area contributed by atoms with Gasteiger partial charge in [-0.1, -0.05) is 18.2 Å². The number of hydrogen-bond donors (Lipinski definition) is 1. The Morgan fingerprint density at radius 2 is 2.23 bits per heavy atom. The number of rotatable bonds is 7. The number of nitrogens with zero attached hydrogens (tertiary/aromatic N) is 1. The van der Waals surface area contributed by atoms with E-state index in [1.54, 1.807) is 0 Å². The molecule has 2 rings (SSSR count). The van der Waals surface area contributed by atoms with Gasteiger partial charge in [-0.25, -0.2) is 0 Å².